The molecule has 0 aliphatic heterocycles. The van der Waals surface area contributed by atoms with Gasteiger partial charge in [0, 0.05) is 36.5 Å². The number of allylic oxidation sites excluding steroid dienone is 1. The van der Waals surface area contributed by atoms with Crippen LogP contribution in [-0.2, 0) is 11.8 Å². The number of benzene rings is 1. The SMILES string of the molecule is Cc1cccc(-c2cc(C(C)Sc3nnc(C(C=N)=CC(N)=O)n3C)no2)c1. The second-order valence-electron chi connectivity index (χ2n) is 6.26. The first kappa shape index (κ1) is 19.6. The van der Waals surface area contributed by atoms with Crippen LogP contribution in [0.25, 0.3) is 16.9 Å². The lowest BCUT2D eigenvalue weighted by Crippen LogP contribution is -2.09. The predicted molar refractivity (Wildman–Crippen MR) is 108 cm³/mol. The van der Waals surface area contributed by atoms with Crippen LogP contribution in [0.15, 0.2) is 46.1 Å². The average Bonchev–Trinajstić information content (AvgIpc) is 3.28. The molecule has 0 aliphatic carbocycles. The van der Waals surface area contributed by atoms with Crippen LogP contribution in [0.5, 0.6) is 0 Å². The Bertz CT molecular complexity index is 1050. The first-order valence-corrected chi connectivity index (χ1v) is 9.38. The summed E-state index contributed by atoms with van der Waals surface area (Å²) in [7, 11) is 1.77. The summed E-state index contributed by atoms with van der Waals surface area (Å²) in [6.07, 6.45) is 2.18. The minimum Gasteiger partial charge on any atom is -0.366 e. The van der Waals surface area contributed by atoms with E-state index in [4.69, 9.17) is 15.7 Å². The lowest BCUT2D eigenvalue weighted by atomic mass is 10.1. The largest absolute Gasteiger partial charge is 0.366 e. The Hall–Kier alpha value is -3.20. The number of nitrogens with two attached hydrogens (primary N) is 1. The van der Waals surface area contributed by atoms with Crippen molar-refractivity contribution >= 4 is 29.5 Å². The highest BCUT2D eigenvalue weighted by atomic mass is 32.2. The minimum atomic E-state index is -0.643. The molecule has 28 heavy (non-hydrogen) atoms. The molecule has 0 bridgehead atoms. The normalized spacial score (nSPS) is 12.8. The van der Waals surface area contributed by atoms with E-state index in [1.165, 1.54) is 11.8 Å². The Morgan fingerprint density at radius 3 is 2.82 bits per heavy atom. The molecular weight excluding hydrogens is 376 g/mol. The van der Waals surface area contributed by atoms with Gasteiger partial charge in [-0.05, 0) is 19.9 Å². The molecule has 144 valence electrons. The first-order chi connectivity index (χ1) is 13.4. The molecule has 0 spiro atoms. The number of nitrogens with zero attached hydrogens (tertiary/aromatic N) is 4. The number of amides is 1. The number of aromatic nitrogens is 4. The van der Waals surface area contributed by atoms with Crippen LogP contribution >= 0.6 is 11.8 Å². The number of hydrogen-bond donors (Lipinski definition) is 2. The second kappa shape index (κ2) is 8.22. The Kier molecular flexibility index (Phi) is 5.74. The summed E-state index contributed by atoms with van der Waals surface area (Å²) in [6.45, 7) is 4.02. The standard InChI is InChI=1S/C19H20N6O2S/c1-11-5-4-6-13(7-11)16-9-15(24-27-16)12(2)28-19-23-22-18(25(19)3)14(10-20)8-17(21)26/h4-10,12,20H,1-3H3,(H2,21,26). The molecule has 3 aromatic rings. The molecule has 2 aromatic heterocycles. The number of hydrogen-bond acceptors (Lipinski definition) is 7. The molecule has 1 unspecified atom stereocenters. The van der Waals surface area contributed by atoms with Gasteiger partial charge >= 0.3 is 0 Å². The van der Waals surface area contributed by atoms with Gasteiger partial charge in [-0.25, -0.2) is 0 Å². The number of carbonyl (C=O) groups is 1. The topological polar surface area (TPSA) is 124 Å². The van der Waals surface area contributed by atoms with E-state index in [1.807, 2.05) is 44.2 Å². The molecule has 0 saturated heterocycles. The van der Waals surface area contributed by atoms with Gasteiger partial charge in [0.2, 0.25) is 5.91 Å². The van der Waals surface area contributed by atoms with Crippen molar-refractivity contribution in [2.75, 3.05) is 0 Å². The molecule has 2 heterocycles. The molecule has 3 N–H and O–H groups in total. The van der Waals surface area contributed by atoms with Crippen molar-refractivity contribution in [3.63, 3.8) is 0 Å². The van der Waals surface area contributed by atoms with Gasteiger partial charge in [0.15, 0.2) is 16.7 Å². The number of aryl methyl sites for hydroxylation is 1. The van der Waals surface area contributed by atoms with Crippen molar-refractivity contribution in [2.45, 2.75) is 24.3 Å². The maximum Gasteiger partial charge on any atom is 0.242 e. The molecule has 0 fully saturated rings. The van der Waals surface area contributed by atoms with E-state index >= 15 is 0 Å². The van der Waals surface area contributed by atoms with E-state index in [-0.39, 0.29) is 5.25 Å². The Labute approximate surface area is 166 Å². The zero-order valence-electron chi connectivity index (χ0n) is 15.7. The fourth-order valence-corrected chi connectivity index (χ4v) is 3.51. The van der Waals surface area contributed by atoms with Crippen molar-refractivity contribution in [1.29, 1.82) is 5.41 Å². The van der Waals surface area contributed by atoms with Gasteiger partial charge in [-0.15, -0.1) is 10.2 Å². The van der Waals surface area contributed by atoms with E-state index in [2.05, 4.69) is 15.4 Å². The number of carbonyl (C=O) groups excluding carboxylic acids is 1. The highest BCUT2D eigenvalue weighted by Crippen LogP contribution is 2.35. The maximum atomic E-state index is 11.1. The van der Waals surface area contributed by atoms with Gasteiger partial charge in [-0.3, -0.25) is 4.79 Å². The summed E-state index contributed by atoms with van der Waals surface area (Å²) in [4.78, 5) is 11.1. The fourth-order valence-electron chi connectivity index (χ4n) is 2.63. The minimum absolute atomic E-state index is 0.0402. The quantitative estimate of drug-likeness (QED) is 0.359. The molecule has 0 aliphatic rings. The third-order valence-electron chi connectivity index (χ3n) is 4.08. The zero-order valence-corrected chi connectivity index (χ0v) is 16.5. The maximum absolute atomic E-state index is 11.1. The number of primary amides is 1. The van der Waals surface area contributed by atoms with Crippen LogP contribution in [0.4, 0.5) is 0 Å². The van der Waals surface area contributed by atoms with Gasteiger partial charge in [-0.2, -0.15) is 0 Å². The van der Waals surface area contributed by atoms with Crippen molar-refractivity contribution in [1.82, 2.24) is 19.9 Å². The van der Waals surface area contributed by atoms with Crippen LogP contribution in [0.2, 0.25) is 0 Å². The van der Waals surface area contributed by atoms with Gasteiger partial charge < -0.3 is 20.2 Å². The molecule has 1 aromatic carbocycles. The zero-order chi connectivity index (χ0) is 20.3. The monoisotopic (exact) mass is 396 g/mol. The summed E-state index contributed by atoms with van der Waals surface area (Å²) in [6, 6.07) is 9.95. The van der Waals surface area contributed by atoms with Crippen LogP contribution in [0.3, 0.4) is 0 Å². The predicted octanol–water partition coefficient (Wildman–Crippen LogP) is 3.15. The Morgan fingerprint density at radius 2 is 2.14 bits per heavy atom. The fraction of sp³-hybridized carbons (Fsp3) is 0.211. The van der Waals surface area contributed by atoms with Crippen molar-refractivity contribution in [3.8, 4) is 11.3 Å². The first-order valence-electron chi connectivity index (χ1n) is 8.50. The molecule has 0 saturated carbocycles. The highest BCUT2D eigenvalue weighted by Gasteiger charge is 2.19. The third-order valence-corrected chi connectivity index (χ3v) is 5.24. The third kappa shape index (κ3) is 4.20. The summed E-state index contributed by atoms with van der Waals surface area (Å²) in [5, 5.41) is 20.5. The lowest BCUT2D eigenvalue weighted by Gasteiger charge is -2.07. The Morgan fingerprint density at radius 1 is 1.36 bits per heavy atom. The van der Waals surface area contributed by atoms with Gasteiger partial charge in [0.1, 0.15) is 0 Å². The molecular formula is C19H20N6O2S. The lowest BCUT2D eigenvalue weighted by molar-refractivity contribution is -0.113. The van der Waals surface area contributed by atoms with E-state index in [0.29, 0.717) is 22.3 Å². The van der Waals surface area contributed by atoms with Crippen molar-refractivity contribution in [2.24, 2.45) is 12.8 Å². The molecule has 9 heteroatoms. The van der Waals surface area contributed by atoms with Crippen LogP contribution < -0.4 is 5.73 Å². The van der Waals surface area contributed by atoms with Crippen molar-refractivity contribution < 1.29 is 9.32 Å². The van der Waals surface area contributed by atoms with Gasteiger partial charge in [-0.1, -0.05) is 40.7 Å². The number of rotatable bonds is 7. The number of nitrogens with one attached hydrogen (secondary N) is 1. The van der Waals surface area contributed by atoms with Gasteiger partial charge in [0.25, 0.3) is 0 Å². The van der Waals surface area contributed by atoms with Crippen LogP contribution in [0.1, 0.15) is 29.3 Å². The summed E-state index contributed by atoms with van der Waals surface area (Å²) in [5.41, 5.74) is 8.38. The van der Waals surface area contributed by atoms with Crippen molar-refractivity contribution in [3.05, 3.63) is 53.5 Å². The average molecular weight is 396 g/mol. The van der Waals surface area contributed by atoms with Gasteiger partial charge in [0.05, 0.1) is 10.9 Å². The summed E-state index contributed by atoms with van der Waals surface area (Å²) in [5.74, 6) is 0.458. The van der Waals surface area contributed by atoms with E-state index in [9.17, 15) is 4.79 Å². The molecule has 8 nitrogen and oxygen atoms in total. The molecule has 3 rings (SSSR count). The number of thioether (sulfide) groups is 1. The summed E-state index contributed by atoms with van der Waals surface area (Å²) >= 11 is 1.45. The van der Waals surface area contributed by atoms with E-state index in [0.717, 1.165) is 29.1 Å². The van der Waals surface area contributed by atoms with E-state index < -0.39 is 5.91 Å². The second-order valence-corrected chi connectivity index (χ2v) is 7.57. The molecule has 1 amide bonds. The Balaban J connectivity index is 1.80. The smallest absolute Gasteiger partial charge is 0.242 e. The highest BCUT2D eigenvalue weighted by molar-refractivity contribution is 7.99. The summed E-state index contributed by atoms with van der Waals surface area (Å²) < 4.78 is 7.21. The molecule has 1 atom stereocenters. The molecule has 0 radical (unpaired) electrons. The van der Waals surface area contributed by atoms with Crippen LogP contribution in [0, 0.1) is 12.3 Å². The van der Waals surface area contributed by atoms with E-state index in [1.54, 1.807) is 11.6 Å². The van der Waals surface area contributed by atoms with Crippen LogP contribution in [-0.4, -0.2) is 32.0 Å².